The molecule has 3 heteroatoms. The van der Waals surface area contributed by atoms with Crippen LogP contribution in [-0.2, 0) is 0 Å². The molecule has 0 aromatic heterocycles. The maximum atomic E-state index is 13.0. The van der Waals surface area contributed by atoms with Gasteiger partial charge < -0.3 is 5.73 Å². The molecule has 0 saturated heterocycles. The maximum Gasteiger partial charge on any atom is 0.123 e. The summed E-state index contributed by atoms with van der Waals surface area (Å²) in [6, 6.07) is 4.64. The monoisotopic (exact) mass is 229 g/mol. The van der Waals surface area contributed by atoms with Gasteiger partial charge >= 0.3 is 0 Å². The first-order valence-corrected chi connectivity index (χ1v) is 4.77. The third kappa shape index (κ3) is 4.02. The van der Waals surface area contributed by atoms with Crippen LogP contribution in [0.4, 0.5) is 4.39 Å². The van der Waals surface area contributed by atoms with Crippen molar-refractivity contribution in [1.29, 1.82) is 0 Å². The largest absolute Gasteiger partial charge is 0.324 e. The third-order valence-electron chi connectivity index (χ3n) is 2.32. The first-order chi connectivity index (χ1) is 6.65. The van der Waals surface area contributed by atoms with E-state index in [1.54, 1.807) is 6.07 Å². The summed E-state index contributed by atoms with van der Waals surface area (Å²) in [6.07, 6.45) is 3.50. The zero-order valence-electron chi connectivity index (χ0n) is 8.87. The van der Waals surface area contributed by atoms with Crippen molar-refractivity contribution in [1.82, 2.24) is 0 Å². The second-order valence-corrected chi connectivity index (χ2v) is 3.47. The summed E-state index contributed by atoms with van der Waals surface area (Å²) in [6.45, 7) is 5.58. The molecule has 0 unspecified atom stereocenters. The lowest BCUT2D eigenvalue weighted by Gasteiger charge is -2.13. The maximum absolute atomic E-state index is 13.0. The van der Waals surface area contributed by atoms with E-state index in [0.29, 0.717) is 0 Å². The van der Waals surface area contributed by atoms with E-state index in [4.69, 9.17) is 5.73 Å². The molecule has 0 heterocycles. The number of halogens is 2. The molecule has 1 nitrogen and oxygen atoms in total. The van der Waals surface area contributed by atoms with E-state index in [9.17, 15) is 4.39 Å². The Morgan fingerprint density at radius 2 is 2.20 bits per heavy atom. The SMILES string of the molecule is C=CCC[C@@H](N)c1cc(F)ccc1C.Cl. The van der Waals surface area contributed by atoms with Gasteiger partial charge in [0.05, 0.1) is 0 Å². The predicted octanol–water partition coefficient (Wildman–Crippen LogP) is 3.52. The van der Waals surface area contributed by atoms with Gasteiger partial charge in [-0.25, -0.2) is 4.39 Å². The zero-order chi connectivity index (χ0) is 10.6. The lowest BCUT2D eigenvalue weighted by Crippen LogP contribution is -2.11. The molecule has 0 spiro atoms. The van der Waals surface area contributed by atoms with Gasteiger partial charge in [0.15, 0.2) is 0 Å². The normalized spacial score (nSPS) is 11.7. The molecule has 0 aliphatic rings. The highest BCUT2D eigenvalue weighted by Gasteiger charge is 2.08. The number of aryl methyl sites for hydroxylation is 1. The molecule has 1 rings (SSSR count). The molecule has 0 aliphatic heterocycles. The van der Waals surface area contributed by atoms with Crippen LogP contribution in [0, 0.1) is 12.7 Å². The minimum atomic E-state index is -0.223. The molecular weight excluding hydrogens is 213 g/mol. The van der Waals surface area contributed by atoms with Gasteiger partial charge in [0, 0.05) is 6.04 Å². The fraction of sp³-hybridized carbons (Fsp3) is 0.333. The Labute approximate surface area is 96.6 Å². The van der Waals surface area contributed by atoms with E-state index in [1.807, 2.05) is 13.0 Å². The second kappa shape index (κ2) is 6.59. The van der Waals surface area contributed by atoms with Gasteiger partial charge in [-0.3, -0.25) is 0 Å². The van der Waals surface area contributed by atoms with E-state index >= 15 is 0 Å². The molecule has 84 valence electrons. The molecule has 1 aromatic carbocycles. The Bertz CT molecular complexity index is 325. The molecule has 0 radical (unpaired) electrons. The number of rotatable bonds is 4. The van der Waals surface area contributed by atoms with Crippen LogP contribution >= 0.6 is 12.4 Å². The van der Waals surface area contributed by atoms with Crippen LogP contribution in [0.25, 0.3) is 0 Å². The van der Waals surface area contributed by atoms with Crippen molar-refractivity contribution in [2.45, 2.75) is 25.8 Å². The Morgan fingerprint density at radius 1 is 1.53 bits per heavy atom. The van der Waals surface area contributed by atoms with Crippen LogP contribution in [0.5, 0.6) is 0 Å². The highest BCUT2D eigenvalue weighted by Crippen LogP contribution is 2.20. The topological polar surface area (TPSA) is 26.0 Å². The summed E-state index contributed by atoms with van der Waals surface area (Å²) in [4.78, 5) is 0. The Balaban J connectivity index is 0.00000196. The number of nitrogens with two attached hydrogens (primary N) is 1. The third-order valence-corrected chi connectivity index (χ3v) is 2.32. The average molecular weight is 230 g/mol. The van der Waals surface area contributed by atoms with Crippen molar-refractivity contribution in [3.05, 3.63) is 47.8 Å². The van der Waals surface area contributed by atoms with Crippen molar-refractivity contribution in [2.24, 2.45) is 5.73 Å². The summed E-state index contributed by atoms with van der Waals surface area (Å²) in [5, 5.41) is 0. The Kier molecular flexibility index (Phi) is 6.21. The smallest absolute Gasteiger partial charge is 0.123 e. The molecule has 1 aromatic rings. The van der Waals surface area contributed by atoms with Crippen LogP contribution in [0.3, 0.4) is 0 Å². The fourth-order valence-corrected chi connectivity index (χ4v) is 1.46. The summed E-state index contributed by atoms with van der Waals surface area (Å²) >= 11 is 0. The first kappa shape index (κ1) is 14.1. The van der Waals surface area contributed by atoms with Gasteiger partial charge in [-0.1, -0.05) is 12.1 Å². The summed E-state index contributed by atoms with van der Waals surface area (Å²) in [5.41, 5.74) is 7.88. The molecular formula is C12H17ClFN. The second-order valence-electron chi connectivity index (χ2n) is 3.47. The van der Waals surface area contributed by atoms with E-state index in [2.05, 4.69) is 6.58 Å². The number of allylic oxidation sites excluding steroid dienone is 1. The Morgan fingerprint density at radius 3 is 2.80 bits per heavy atom. The molecule has 15 heavy (non-hydrogen) atoms. The predicted molar refractivity (Wildman–Crippen MR) is 64.7 cm³/mol. The number of hydrogen-bond donors (Lipinski definition) is 1. The quantitative estimate of drug-likeness (QED) is 0.786. The standard InChI is InChI=1S/C12H16FN.ClH/c1-3-4-5-12(14)11-8-10(13)7-6-9(11)2;/h3,6-8,12H,1,4-5,14H2,2H3;1H/t12-;/m1./s1. The minimum absolute atomic E-state index is 0. The summed E-state index contributed by atoms with van der Waals surface area (Å²) < 4.78 is 13.0. The first-order valence-electron chi connectivity index (χ1n) is 4.77. The van der Waals surface area contributed by atoms with Gasteiger partial charge in [0.2, 0.25) is 0 Å². The van der Waals surface area contributed by atoms with Gasteiger partial charge in [-0.2, -0.15) is 0 Å². The van der Waals surface area contributed by atoms with Crippen LogP contribution in [0.15, 0.2) is 30.9 Å². The van der Waals surface area contributed by atoms with Crippen LogP contribution in [0.1, 0.15) is 30.0 Å². The molecule has 0 fully saturated rings. The van der Waals surface area contributed by atoms with Crippen molar-refractivity contribution in [3.8, 4) is 0 Å². The molecule has 0 saturated carbocycles. The average Bonchev–Trinajstić information content (AvgIpc) is 2.18. The van der Waals surface area contributed by atoms with Crippen LogP contribution in [-0.4, -0.2) is 0 Å². The lowest BCUT2D eigenvalue weighted by molar-refractivity contribution is 0.609. The zero-order valence-corrected chi connectivity index (χ0v) is 9.69. The fourth-order valence-electron chi connectivity index (χ4n) is 1.46. The number of hydrogen-bond acceptors (Lipinski definition) is 1. The summed E-state index contributed by atoms with van der Waals surface area (Å²) in [5.74, 6) is -0.223. The summed E-state index contributed by atoms with van der Waals surface area (Å²) in [7, 11) is 0. The molecule has 0 amide bonds. The van der Waals surface area contributed by atoms with Gasteiger partial charge in [0.25, 0.3) is 0 Å². The van der Waals surface area contributed by atoms with Crippen molar-refractivity contribution in [3.63, 3.8) is 0 Å². The van der Waals surface area contributed by atoms with Crippen molar-refractivity contribution >= 4 is 12.4 Å². The van der Waals surface area contributed by atoms with Gasteiger partial charge in [-0.15, -0.1) is 19.0 Å². The molecule has 0 bridgehead atoms. The minimum Gasteiger partial charge on any atom is -0.324 e. The highest BCUT2D eigenvalue weighted by atomic mass is 35.5. The van der Waals surface area contributed by atoms with E-state index < -0.39 is 0 Å². The van der Waals surface area contributed by atoms with Crippen LogP contribution < -0.4 is 5.73 Å². The van der Waals surface area contributed by atoms with E-state index in [1.165, 1.54) is 12.1 Å². The van der Waals surface area contributed by atoms with Crippen molar-refractivity contribution in [2.75, 3.05) is 0 Å². The number of benzene rings is 1. The van der Waals surface area contributed by atoms with E-state index in [-0.39, 0.29) is 24.3 Å². The highest BCUT2D eigenvalue weighted by molar-refractivity contribution is 5.85. The van der Waals surface area contributed by atoms with Gasteiger partial charge in [-0.05, 0) is 43.0 Å². The Hall–Kier alpha value is -0.860. The van der Waals surface area contributed by atoms with Crippen molar-refractivity contribution < 1.29 is 4.39 Å². The molecule has 1 atom stereocenters. The van der Waals surface area contributed by atoms with E-state index in [0.717, 1.165) is 24.0 Å². The lowest BCUT2D eigenvalue weighted by atomic mass is 9.98. The molecule has 2 N–H and O–H groups in total. The van der Waals surface area contributed by atoms with Gasteiger partial charge in [0.1, 0.15) is 5.82 Å². The van der Waals surface area contributed by atoms with Crippen LogP contribution in [0.2, 0.25) is 0 Å². The molecule has 0 aliphatic carbocycles.